The molecule has 0 fully saturated rings. The molecule has 0 aliphatic rings. The average Bonchev–Trinajstić information content (AvgIpc) is 3.18. The second-order valence-corrected chi connectivity index (χ2v) is 4.04. The normalized spacial score (nSPS) is 10.9. The van der Waals surface area contributed by atoms with Gasteiger partial charge in [-0.25, -0.2) is 9.48 Å². The van der Waals surface area contributed by atoms with E-state index >= 15 is 0 Å². The quantitative estimate of drug-likeness (QED) is 0.668. The number of aromatic carboxylic acids is 1. The first kappa shape index (κ1) is 13.0. The first-order chi connectivity index (χ1) is 10.2. The molecular weight excluding hydrogens is 280 g/mol. The number of nitrogens with zero attached hydrogens (tertiary/aromatic N) is 5. The summed E-state index contributed by atoms with van der Waals surface area (Å²) in [7, 11) is 0. The van der Waals surface area contributed by atoms with Crippen LogP contribution in [0.3, 0.4) is 0 Å². The van der Waals surface area contributed by atoms with Crippen LogP contribution >= 0.6 is 0 Å². The van der Waals surface area contributed by atoms with Crippen LogP contribution in [0.15, 0.2) is 27.3 Å². The first-order valence-electron chi connectivity index (χ1n) is 5.91. The van der Waals surface area contributed by atoms with Gasteiger partial charge >= 0.3 is 5.97 Å². The number of carbonyl (C=O) groups is 1. The van der Waals surface area contributed by atoms with Gasteiger partial charge in [-0.15, -0.1) is 5.10 Å². The number of furan rings is 1. The van der Waals surface area contributed by atoms with Crippen molar-refractivity contribution in [3.8, 4) is 11.7 Å². The van der Waals surface area contributed by atoms with Gasteiger partial charge in [0.2, 0.25) is 0 Å². The van der Waals surface area contributed by atoms with Crippen LogP contribution in [0.2, 0.25) is 0 Å². The number of aromatic nitrogens is 5. The van der Waals surface area contributed by atoms with E-state index in [4.69, 9.17) is 19.8 Å². The van der Waals surface area contributed by atoms with Crippen LogP contribution in [0.25, 0.3) is 11.7 Å². The van der Waals surface area contributed by atoms with E-state index in [0.29, 0.717) is 11.6 Å². The molecule has 0 saturated heterocycles. The van der Waals surface area contributed by atoms with Gasteiger partial charge in [0.05, 0.1) is 12.0 Å². The molecule has 10 nitrogen and oxygen atoms in total. The predicted octanol–water partition coefficient (Wildman–Crippen LogP) is 0.126. The van der Waals surface area contributed by atoms with Gasteiger partial charge in [0.15, 0.2) is 17.3 Å². The zero-order valence-electron chi connectivity index (χ0n) is 10.6. The third kappa shape index (κ3) is 2.39. The Bertz CT molecular complexity index is 760. The third-order valence-electron chi connectivity index (χ3n) is 2.72. The Kier molecular flexibility index (Phi) is 3.20. The minimum Gasteiger partial charge on any atom is -0.476 e. The van der Waals surface area contributed by atoms with Crippen LogP contribution in [-0.2, 0) is 13.1 Å². The van der Waals surface area contributed by atoms with Crippen molar-refractivity contribution in [2.24, 2.45) is 5.73 Å². The highest BCUT2D eigenvalue weighted by atomic mass is 16.5. The lowest BCUT2D eigenvalue weighted by atomic mass is 10.3. The Morgan fingerprint density at radius 1 is 1.48 bits per heavy atom. The summed E-state index contributed by atoms with van der Waals surface area (Å²) in [6, 6.07) is 3.38. The van der Waals surface area contributed by atoms with Crippen molar-refractivity contribution in [3.05, 3.63) is 35.6 Å². The fraction of sp³-hybridized carbons (Fsp3) is 0.182. The first-order valence-corrected chi connectivity index (χ1v) is 5.91. The van der Waals surface area contributed by atoms with Gasteiger partial charge in [-0.1, -0.05) is 10.4 Å². The average molecular weight is 290 g/mol. The number of hydrogen-bond acceptors (Lipinski definition) is 8. The Morgan fingerprint density at radius 2 is 2.33 bits per heavy atom. The van der Waals surface area contributed by atoms with Crippen LogP contribution in [0.4, 0.5) is 0 Å². The van der Waals surface area contributed by atoms with Crippen molar-refractivity contribution in [1.29, 1.82) is 0 Å². The van der Waals surface area contributed by atoms with Crippen molar-refractivity contribution in [3.63, 3.8) is 0 Å². The molecule has 0 atom stereocenters. The SMILES string of the molecule is NCc1c(C(=O)O)nnn1Cc1noc(-c2ccco2)n1. The highest BCUT2D eigenvalue weighted by molar-refractivity contribution is 5.86. The van der Waals surface area contributed by atoms with E-state index in [0.717, 1.165) is 0 Å². The molecule has 0 radical (unpaired) electrons. The molecule has 3 aromatic heterocycles. The van der Waals surface area contributed by atoms with Crippen molar-refractivity contribution in [2.45, 2.75) is 13.1 Å². The summed E-state index contributed by atoms with van der Waals surface area (Å²) < 4.78 is 11.5. The summed E-state index contributed by atoms with van der Waals surface area (Å²) in [5, 5.41) is 20.1. The zero-order valence-corrected chi connectivity index (χ0v) is 10.6. The van der Waals surface area contributed by atoms with E-state index in [1.165, 1.54) is 10.9 Å². The summed E-state index contributed by atoms with van der Waals surface area (Å²) in [5.41, 5.74) is 5.62. The molecule has 0 unspecified atom stereocenters. The van der Waals surface area contributed by atoms with Crippen molar-refractivity contribution in [1.82, 2.24) is 25.1 Å². The fourth-order valence-corrected chi connectivity index (χ4v) is 1.78. The van der Waals surface area contributed by atoms with Crippen LogP contribution in [0, 0.1) is 0 Å². The maximum atomic E-state index is 11.0. The third-order valence-corrected chi connectivity index (χ3v) is 2.72. The monoisotopic (exact) mass is 290 g/mol. The maximum absolute atomic E-state index is 11.0. The van der Waals surface area contributed by atoms with Crippen molar-refractivity contribution in [2.75, 3.05) is 0 Å². The van der Waals surface area contributed by atoms with E-state index in [1.807, 2.05) is 0 Å². The number of carboxylic acid groups (broad SMARTS) is 1. The lowest BCUT2D eigenvalue weighted by Crippen LogP contribution is -2.13. The molecule has 3 N–H and O–H groups in total. The summed E-state index contributed by atoms with van der Waals surface area (Å²) in [6.45, 7) is 0.0779. The lowest BCUT2D eigenvalue weighted by Gasteiger charge is -2.00. The molecule has 0 aliphatic heterocycles. The molecule has 0 spiro atoms. The molecule has 3 heterocycles. The zero-order chi connectivity index (χ0) is 14.8. The number of carboxylic acids is 1. The van der Waals surface area contributed by atoms with Crippen LogP contribution in [0.5, 0.6) is 0 Å². The van der Waals surface area contributed by atoms with Crippen molar-refractivity contribution >= 4 is 5.97 Å². The van der Waals surface area contributed by atoms with Gasteiger partial charge in [0, 0.05) is 6.54 Å². The van der Waals surface area contributed by atoms with Gasteiger partial charge in [0.25, 0.3) is 5.89 Å². The Balaban J connectivity index is 1.86. The molecule has 108 valence electrons. The number of rotatable bonds is 5. The predicted molar refractivity (Wildman–Crippen MR) is 66.0 cm³/mol. The molecule has 21 heavy (non-hydrogen) atoms. The van der Waals surface area contributed by atoms with E-state index in [-0.39, 0.29) is 30.4 Å². The maximum Gasteiger partial charge on any atom is 0.358 e. The lowest BCUT2D eigenvalue weighted by molar-refractivity contribution is 0.0689. The molecule has 10 heteroatoms. The molecule has 3 aromatic rings. The van der Waals surface area contributed by atoms with Gasteiger partial charge < -0.3 is 19.8 Å². The van der Waals surface area contributed by atoms with Crippen molar-refractivity contribution < 1.29 is 18.8 Å². The van der Waals surface area contributed by atoms with E-state index in [9.17, 15) is 4.79 Å². The second kappa shape index (κ2) is 5.17. The molecule has 0 aliphatic carbocycles. The molecular formula is C11H10N6O4. The summed E-state index contributed by atoms with van der Waals surface area (Å²) in [5.74, 6) is -0.218. The Labute approximate surface area is 117 Å². The van der Waals surface area contributed by atoms with E-state index < -0.39 is 5.97 Å². The van der Waals surface area contributed by atoms with Gasteiger partial charge in [0.1, 0.15) is 6.54 Å². The fourth-order valence-electron chi connectivity index (χ4n) is 1.78. The standard InChI is InChI=1S/C11H10N6O4/c12-4-6-9(11(18)19)14-16-17(6)5-8-13-10(21-15-8)7-2-1-3-20-7/h1-3H,4-5,12H2,(H,18,19). The van der Waals surface area contributed by atoms with Crippen LogP contribution < -0.4 is 5.73 Å². The largest absolute Gasteiger partial charge is 0.476 e. The Morgan fingerprint density at radius 3 is 3.00 bits per heavy atom. The number of hydrogen-bond donors (Lipinski definition) is 2. The van der Waals surface area contributed by atoms with Crippen LogP contribution in [0.1, 0.15) is 22.0 Å². The smallest absolute Gasteiger partial charge is 0.358 e. The topological polar surface area (TPSA) is 146 Å². The molecule has 0 bridgehead atoms. The van der Waals surface area contributed by atoms with E-state index in [1.54, 1.807) is 12.1 Å². The van der Waals surface area contributed by atoms with Gasteiger partial charge in [-0.3, -0.25) is 0 Å². The molecule has 3 rings (SSSR count). The second-order valence-electron chi connectivity index (χ2n) is 4.04. The summed E-state index contributed by atoms with van der Waals surface area (Å²) >= 11 is 0. The minimum absolute atomic E-state index is 0.0163. The van der Waals surface area contributed by atoms with Gasteiger partial charge in [-0.2, -0.15) is 4.98 Å². The molecule has 0 aromatic carbocycles. The molecule has 0 saturated carbocycles. The summed E-state index contributed by atoms with van der Waals surface area (Å²) in [4.78, 5) is 15.1. The van der Waals surface area contributed by atoms with Crippen LogP contribution in [-0.4, -0.2) is 36.2 Å². The van der Waals surface area contributed by atoms with E-state index in [2.05, 4.69) is 20.5 Å². The Hall–Kier alpha value is -3.01. The highest BCUT2D eigenvalue weighted by Crippen LogP contribution is 2.17. The molecule has 0 amide bonds. The number of nitrogens with two attached hydrogens (primary N) is 1. The van der Waals surface area contributed by atoms with Gasteiger partial charge in [-0.05, 0) is 12.1 Å². The highest BCUT2D eigenvalue weighted by Gasteiger charge is 2.19. The summed E-state index contributed by atoms with van der Waals surface area (Å²) in [6.07, 6.45) is 1.49. The minimum atomic E-state index is -1.19.